The van der Waals surface area contributed by atoms with Crippen molar-refractivity contribution in [2.24, 2.45) is 11.5 Å². The summed E-state index contributed by atoms with van der Waals surface area (Å²) in [6.45, 7) is 1.67. The van der Waals surface area contributed by atoms with Crippen LogP contribution in [0.25, 0.3) is 0 Å². The van der Waals surface area contributed by atoms with E-state index in [9.17, 15) is 91.9 Å². The highest BCUT2D eigenvalue weighted by Gasteiger charge is 2.59. The number of hydrogen-bond donors (Lipinski definition) is 20. The Bertz CT molecular complexity index is 1880. The number of hydrogen-bond acceptors (Lipinski definition) is 33. The van der Waals surface area contributed by atoms with Gasteiger partial charge in [0.1, 0.15) is 146 Å². The van der Waals surface area contributed by atoms with E-state index in [1.165, 1.54) is 13.8 Å². The summed E-state index contributed by atoms with van der Waals surface area (Å²) in [4.78, 5) is 0. The third kappa shape index (κ3) is 13.6. The van der Waals surface area contributed by atoms with Crippen LogP contribution in [-0.4, -0.2) is 340 Å². The fourth-order valence-electron chi connectivity index (χ4n) is 10.6. The third-order valence-electron chi connectivity index (χ3n) is 15.4. The van der Waals surface area contributed by atoms with E-state index in [4.69, 9.17) is 73.0 Å². The molecule has 7 saturated heterocycles. The zero-order valence-corrected chi connectivity index (χ0v) is 43.0. The van der Waals surface area contributed by atoms with E-state index in [2.05, 4.69) is 6.58 Å². The Morgan fingerprint density at radius 2 is 0.709 bits per heavy atom. The second-order valence-electron chi connectivity index (χ2n) is 20.7. The SMILES string of the molecule is C=CCC[C@@H]1OC(CO)[C@H](O)C(O[C@@H]2OC(CO)[C@H](O[C@@H]3OC(CO)[C@H](O)C(O[C@@H]4OC(CO)[C@H](O[C@@H]5OC(CO)[C@H](O)C(O)C5O[C@@H]5OC(C)[C@H](O)C(O)C5O)C(O[C@H]5OC(C)[C@@H](O)C(O)C5O)C4N)C3O)C(O)C2N)C1O. The van der Waals surface area contributed by atoms with Crippen molar-refractivity contribution in [3.63, 3.8) is 0 Å². The number of nitrogens with two attached hydrogens (primary N) is 2. The first-order chi connectivity index (χ1) is 37.5. The molecule has 0 aromatic heterocycles. The molecule has 7 heterocycles. The zero-order valence-electron chi connectivity index (χ0n) is 43.0. The molecule has 0 amide bonds. The highest BCUT2D eigenvalue weighted by atomic mass is 16.8. The topological polar surface area (TPSA) is 536 Å². The van der Waals surface area contributed by atoms with Crippen molar-refractivity contribution in [1.29, 1.82) is 0 Å². The van der Waals surface area contributed by atoms with Crippen molar-refractivity contribution >= 4 is 0 Å². The number of aliphatic hydroxyl groups excluding tert-OH is 18. The molecule has 0 aromatic carbocycles. The molecule has 0 radical (unpaired) electrons. The molecule has 7 fully saturated rings. The van der Waals surface area contributed by atoms with Gasteiger partial charge in [-0.3, -0.25) is 0 Å². The lowest BCUT2D eigenvalue weighted by atomic mass is 9.92. The Labute approximate surface area is 451 Å². The van der Waals surface area contributed by atoms with E-state index in [1.807, 2.05) is 0 Å². The predicted molar refractivity (Wildman–Crippen MR) is 250 cm³/mol. The minimum atomic E-state index is -2.17. The maximum Gasteiger partial charge on any atom is 0.187 e. The van der Waals surface area contributed by atoms with Crippen LogP contribution in [0.4, 0.5) is 0 Å². The monoisotopic (exact) mass is 1160 g/mol. The quantitative estimate of drug-likeness (QED) is 0.0503. The summed E-state index contributed by atoms with van der Waals surface area (Å²) in [5.74, 6) is 0. The fraction of sp³-hybridized carbons (Fsp3) is 0.957. The van der Waals surface area contributed by atoms with Gasteiger partial charge in [0.2, 0.25) is 0 Å². The molecule has 35 atom stereocenters. The Hall–Kier alpha value is -1.58. The lowest BCUT2D eigenvalue weighted by Gasteiger charge is -2.51. The lowest BCUT2D eigenvalue weighted by Crippen LogP contribution is -2.71. The molecule has 0 aliphatic carbocycles. The Morgan fingerprint density at radius 3 is 1.23 bits per heavy atom. The third-order valence-corrected chi connectivity index (χ3v) is 15.4. The molecule has 460 valence electrons. The van der Waals surface area contributed by atoms with Crippen LogP contribution in [-0.2, 0) is 61.6 Å². The van der Waals surface area contributed by atoms with Crippen LogP contribution in [0.3, 0.4) is 0 Å². The predicted octanol–water partition coefficient (Wildman–Crippen LogP) is -12.3. The molecule has 7 aliphatic rings. The lowest BCUT2D eigenvalue weighted by molar-refractivity contribution is -0.399. The van der Waals surface area contributed by atoms with Crippen LogP contribution in [0, 0.1) is 0 Å². The molecule has 33 nitrogen and oxygen atoms in total. The average molecular weight is 1160 g/mol. The first-order valence-corrected chi connectivity index (χ1v) is 26.0. The summed E-state index contributed by atoms with van der Waals surface area (Å²) in [7, 11) is 0. The summed E-state index contributed by atoms with van der Waals surface area (Å²) < 4.78 is 76.6. The van der Waals surface area contributed by atoms with Gasteiger partial charge in [-0.1, -0.05) is 6.08 Å². The van der Waals surface area contributed by atoms with Gasteiger partial charge in [0.25, 0.3) is 0 Å². The molecule has 0 saturated carbocycles. The molecular weight excluding hydrogens is 1080 g/mol. The minimum Gasteiger partial charge on any atom is -0.394 e. The van der Waals surface area contributed by atoms with Gasteiger partial charge >= 0.3 is 0 Å². The summed E-state index contributed by atoms with van der Waals surface area (Å²) >= 11 is 0. The van der Waals surface area contributed by atoms with Gasteiger partial charge < -0.3 is 165 Å². The molecule has 33 heteroatoms. The summed E-state index contributed by atoms with van der Waals surface area (Å²) in [5, 5.41) is 195. The van der Waals surface area contributed by atoms with Crippen molar-refractivity contribution in [2.75, 3.05) is 33.0 Å². The van der Waals surface area contributed by atoms with Crippen LogP contribution in [0.5, 0.6) is 0 Å². The summed E-state index contributed by atoms with van der Waals surface area (Å²) in [6, 6.07) is -3.41. The molecular formula is C46H80N2O31. The molecule has 0 bridgehead atoms. The van der Waals surface area contributed by atoms with E-state index in [-0.39, 0.29) is 6.42 Å². The standard InChI is InChI=1S/C46H80N2O31/c1-4-5-6-14-25(57)38(26(58)16(8-50)69-14)77-41-20(47)28(60)35(18(10-52)72-41)74-45-34(66)39(27(59)17(9-51)70-45)78-42-21(48)37(76-43-32(64)29(61)22(54)12(2)67-43)36(19(11-53)73-42)75-46-40(31(63)24(56)15(7-49)71-46)79-44-33(65)30(62)23(55)13(3)68-44/h4,12-46,49-66H,1,5-11,47-48H2,2-3H3/t12?,13?,14-,15?,16?,17?,18?,19?,20?,21?,22+,23-,24-,25?,26-,27-,28?,29?,30?,31?,32?,33?,34?,35-,36-,37?,38?,39?,40?,41-,42-,43+,44-,45-,46-/m0/s1. The van der Waals surface area contributed by atoms with Crippen molar-refractivity contribution in [2.45, 2.75) is 241 Å². The van der Waals surface area contributed by atoms with E-state index in [0.29, 0.717) is 6.42 Å². The van der Waals surface area contributed by atoms with E-state index >= 15 is 0 Å². The van der Waals surface area contributed by atoms with Gasteiger partial charge in [0, 0.05) is 0 Å². The minimum absolute atomic E-state index is 0.211. The van der Waals surface area contributed by atoms with Gasteiger partial charge in [-0.05, 0) is 26.7 Å². The van der Waals surface area contributed by atoms with Gasteiger partial charge in [0.05, 0.1) is 63.4 Å². The highest BCUT2D eigenvalue weighted by Crippen LogP contribution is 2.38. The smallest absolute Gasteiger partial charge is 0.187 e. The average Bonchev–Trinajstić information content (AvgIpc) is 3.44. The largest absolute Gasteiger partial charge is 0.394 e. The Morgan fingerprint density at radius 1 is 0.329 bits per heavy atom. The molecule has 0 spiro atoms. The number of allylic oxidation sites excluding steroid dienone is 1. The van der Waals surface area contributed by atoms with E-state index in [1.54, 1.807) is 6.08 Å². The second kappa shape index (κ2) is 28.1. The maximum absolute atomic E-state index is 11.9. The Balaban J connectivity index is 1.13. The summed E-state index contributed by atoms with van der Waals surface area (Å²) in [5.41, 5.74) is 13.2. The number of aliphatic hydroxyl groups is 18. The van der Waals surface area contributed by atoms with Crippen molar-refractivity contribution in [3.05, 3.63) is 12.7 Å². The number of ether oxygens (including phenoxy) is 13. The van der Waals surface area contributed by atoms with Gasteiger partial charge in [-0.15, -0.1) is 6.58 Å². The van der Waals surface area contributed by atoms with E-state index in [0.717, 1.165) is 0 Å². The normalized spacial score (nSPS) is 52.9. The van der Waals surface area contributed by atoms with Gasteiger partial charge in [0.15, 0.2) is 37.7 Å². The van der Waals surface area contributed by atoms with Gasteiger partial charge in [-0.2, -0.15) is 0 Å². The highest BCUT2D eigenvalue weighted by molar-refractivity contribution is 5.03. The second-order valence-corrected chi connectivity index (χ2v) is 20.7. The Kier molecular flexibility index (Phi) is 23.1. The van der Waals surface area contributed by atoms with Crippen LogP contribution in [0.15, 0.2) is 12.7 Å². The fourth-order valence-corrected chi connectivity index (χ4v) is 10.6. The molecule has 7 aliphatic heterocycles. The number of rotatable bonds is 20. The van der Waals surface area contributed by atoms with Crippen LogP contribution >= 0.6 is 0 Å². The van der Waals surface area contributed by atoms with Crippen LogP contribution < -0.4 is 11.5 Å². The van der Waals surface area contributed by atoms with E-state index < -0.39 is 248 Å². The van der Waals surface area contributed by atoms with Crippen LogP contribution in [0.2, 0.25) is 0 Å². The van der Waals surface area contributed by atoms with Crippen molar-refractivity contribution < 1.29 is 153 Å². The molecule has 22 N–H and O–H groups in total. The molecule has 79 heavy (non-hydrogen) atoms. The van der Waals surface area contributed by atoms with Crippen molar-refractivity contribution in [3.8, 4) is 0 Å². The maximum atomic E-state index is 11.9. The first-order valence-electron chi connectivity index (χ1n) is 26.0. The summed E-state index contributed by atoms with van der Waals surface area (Å²) in [6.07, 6.45) is -55.5. The van der Waals surface area contributed by atoms with Crippen molar-refractivity contribution in [1.82, 2.24) is 0 Å². The molecule has 21 unspecified atom stereocenters. The van der Waals surface area contributed by atoms with Gasteiger partial charge in [-0.25, -0.2) is 0 Å². The van der Waals surface area contributed by atoms with Crippen LogP contribution in [0.1, 0.15) is 26.7 Å². The zero-order chi connectivity index (χ0) is 58.1. The first kappa shape index (κ1) is 65.0. The molecule has 7 rings (SSSR count). The molecule has 0 aromatic rings.